The molecule has 0 saturated heterocycles. The Morgan fingerprint density at radius 3 is 2.33 bits per heavy atom. The van der Waals surface area contributed by atoms with E-state index in [4.69, 9.17) is 0 Å². The normalized spacial score (nSPS) is 10.9. The lowest BCUT2D eigenvalue weighted by atomic mass is 10.1. The van der Waals surface area contributed by atoms with Crippen molar-refractivity contribution in [1.29, 1.82) is 0 Å². The molecule has 0 heterocycles. The number of hydrogen-bond acceptors (Lipinski definition) is 4. The number of hydrogen-bond donors (Lipinski definition) is 3. The van der Waals surface area contributed by atoms with Crippen molar-refractivity contribution in [3.63, 3.8) is 0 Å². The number of benzene rings is 2. The molecule has 0 aliphatic heterocycles. The number of nitrogens with one attached hydrogen (secondary N) is 3. The summed E-state index contributed by atoms with van der Waals surface area (Å²) in [6.07, 6.45) is -0.146. The molecule has 2 amide bonds. The highest BCUT2D eigenvalue weighted by molar-refractivity contribution is 7.92. The third kappa shape index (κ3) is 7.49. The van der Waals surface area contributed by atoms with Crippen molar-refractivity contribution in [1.82, 2.24) is 5.32 Å². The minimum atomic E-state index is -3.69. The average molecular weight is 389 g/mol. The van der Waals surface area contributed by atoms with E-state index < -0.39 is 10.0 Å². The smallest absolute Gasteiger partial charge is 0.233 e. The summed E-state index contributed by atoms with van der Waals surface area (Å²) in [6.45, 7) is 3.70. The summed E-state index contributed by atoms with van der Waals surface area (Å²) in [5.41, 5.74) is 2.88. The van der Waals surface area contributed by atoms with Crippen molar-refractivity contribution in [2.24, 2.45) is 0 Å². The predicted molar refractivity (Wildman–Crippen MR) is 106 cm³/mol. The van der Waals surface area contributed by atoms with Crippen LogP contribution in [0.2, 0.25) is 0 Å². The molecule has 0 atom stereocenters. The van der Waals surface area contributed by atoms with E-state index in [1.54, 1.807) is 18.2 Å². The van der Waals surface area contributed by atoms with Crippen LogP contribution in [0.5, 0.6) is 0 Å². The Morgan fingerprint density at radius 2 is 1.67 bits per heavy atom. The van der Waals surface area contributed by atoms with Crippen LogP contribution in [-0.2, 0) is 26.2 Å². The largest absolute Gasteiger partial charge is 0.352 e. The van der Waals surface area contributed by atoms with E-state index in [9.17, 15) is 18.0 Å². The fourth-order valence-corrected chi connectivity index (χ4v) is 3.36. The number of aryl methyl sites for hydroxylation is 1. The van der Waals surface area contributed by atoms with Crippen LogP contribution in [0, 0.1) is 6.92 Å². The second kappa shape index (κ2) is 9.18. The molecule has 2 rings (SSSR count). The molecule has 0 aliphatic rings. The van der Waals surface area contributed by atoms with Gasteiger partial charge in [-0.05, 0) is 30.7 Å². The lowest BCUT2D eigenvalue weighted by molar-refractivity contribution is -0.120. The van der Waals surface area contributed by atoms with Crippen molar-refractivity contribution in [2.45, 2.75) is 26.8 Å². The Morgan fingerprint density at radius 1 is 1.00 bits per heavy atom. The van der Waals surface area contributed by atoms with E-state index in [2.05, 4.69) is 15.4 Å². The van der Waals surface area contributed by atoms with Gasteiger partial charge in [-0.1, -0.05) is 35.9 Å². The fraction of sp³-hybridized carbons (Fsp3) is 0.263. The molecule has 0 aliphatic carbocycles. The maximum Gasteiger partial charge on any atom is 0.233 e. The fourth-order valence-electron chi connectivity index (χ4n) is 2.32. The topological polar surface area (TPSA) is 104 Å². The molecule has 0 aromatic heterocycles. The van der Waals surface area contributed by atoms with Gasteiger partial charge in [0.1, 0.15) is 0 Å². The third-order valence-corrected chi connectivity index (χ3v) is 4.95. The molecular weight excluding hydrogens is 366 g/mol. The standard InChI is InChI=1S/C19H23N3O4S/c1-14-6-8-16(9-7-14)13-20-19(24)10-11-27(25,26)22-18-5-3-4-17(12-18)21-15(2)23/h3-9,12,22H,10-11,13H2,1-2H3,(H,20,24)(H,21,23). The molecule has 0 radical (unpaired) electrons. The highest BCUT2D eigenvalue weighted by Crippen LogP contribution is 2.16. The highest BCUT2D eigenvalue weighted by Gasteiger charge is 2.14. The van der Waals surface area contributed by atoms with Crippen molar-refractivity contribution >= 4 is 33.2 Å². The monoisotopic (exact) mass is 389 g/mol. The van der Waals surface area contributed by atoms with Crippen LogP contribution < -0.4 is 15.4 Å². The van der Waals surface area contributed by atoms with Gasteiger partial charge in [-0.15, -0.1) is 0 Å². The minimum Gasteiger partial charge on any atom is -0.352 e. The number of sulfonamides is 1. The number of amides is 2. The summed E-state index contributed by atoms with van der Waals surface area (Å²) in [6, 6.07) is 14.1. The molecule has 2 aromatic rings. The van der Waals surface area contributed by atoms with E-state index in [1.807, 2.05) is 31.2 Å². The van der Waals surface area contributed by atoms with Crippen LogP contribution >= 0.6 is 0 Å². The summed E-state index contributed by atoms with van der Waals surface area (Å²) >= 11 is 0. The Bertz CT molecular complexity index is 909. The van der Waals surface area contributed by atoms with Crippen LogP contribution in [-0.4, -0.2) is 26.0 Å². The predicted octanol–water partition coefficient (Wildman–Crippen LogP) is 2.40. The third-order valence-electron chi connectivity index (χ3n) is 3.66. The first-order valence-electron chi connectivity index (χ1n) is 8.44. The summed E-state index contributed by atoms with van der Waals surface area (Å²) in [5.74, 6) is -0.926. The Kier molecular flexibility index (Phi) is 6.95. The Labute approximate surface area is 159 Å². The molecule has 0 bridgehead atoms. The van der Waals surface area contributed by atoms with Crippen molar-refractivity contribution in [2.75, 3.05) is 15.8 Å². The quantitative estimate of drug-likeness (QED) is 0.645. The zero-order valence-corrected chi connectivity index (χ0v) is 16.1. The molecule has 27 heavy (non-hydrogen) atoms. The molecule has 0 saturated carbocycles. The van der Waals surface area contributed by atoms with Crippen molar-refractivity contribution < 1.29 is 18.0 Å². The minimum absolute atomic E-state index is 0.146. The first-order chi connectivity index (χ1) is 12.7. The number of anilines is 2. The van der Waals surface area contributed by atoms with Gasteiger partial charge in [-0.25, -0.2) is 8.42 Å². The van der Waals surface area contributed by atoms with Crippen LogP contribution in [0.4, 0.5) is 11.4 Å². The molecule has 0 spiro atoms. The van der Waals surface area contributed by atoms with Gasteiger partial charge >= 0.3 is 0 Å². The van der Waals surface area contributed by atoms with Gasteiger partial charge in [0.25, 0.3) is 0 Å². The van der Waals surface area contributed by atoms with E-state index in [0.29, 0.717) is 17.9 Å². The molecule has 2 aromatic carbocycles. The molecular formula is C19H23N3O4S. The maximum absolute atomic E-state index is 12.2. The average Bonchev–Trinajstić information content (AvgIpc) is 2.59. The van der Waals surface area contributed by atoms with Crippen LogP contribution in [0.1, 0.15) is 24.5 Å². The summed E-state index contributed by atoms with van der Waals surface area (Å²) < 4.78 is 26.8. The van der Waals surface area contributed by atoms with Gasteiger partial charge in [0.15, 0.2) is 0 Å². The van der Waals surface area contributed by atoms with Crippen molar-refractivity contribution in [3.8, 4) is 0 Å². The zero-order chi connectivity index (χ0) is 19.9. The summed E-state index contributed by atoms with van der Waals surface area (Å²) in [4.78, 5) is 23.0. The van der Waals surface area contributed by atoms with E-state index in [-0.39, 0.29) is 24.0 Å². The van der Waals surface area contributed by atoms with Gasteiger partial charge in [0.2, 0.25) is 21.8 Å². The Balaban J connectivity index is 1.84. The molecule has 3 N–H and O–H groups in total. The number of carbonyl (C=O) groups is 2. The zero-order valence-electron chi connectivity index (χ0n) is 15.3. The molecule has 144 valence electrons. The van der Waals surface area contributed by atoms with E-state index in [1.165, 1.54) is 13.0 Å². The van der Waals surface area contributed by atoms with Crippen LogP contribution in [0.25, 0.3) is 0 Å². The molecule has 8 heteroatoms. The number of rotatable bonds is 8. The van der Waals surface area contributed by atoms with Crippen LogP contribution in [0.3, 0.4) is 0 Å². The van der Waals surface area contributed by atoms with Gasteiger partial charge in [0, 0.05) is 25.6 Å². The molecule has 7 nitrogen and oxygen atoms in total. The lowest BCUT2D eigenvalue weighted by Gasteiger charge is -2.10. The van der Waals surface area contributed by atoms with Gasteiger partial charge in [-0.2, -0.15) is 0 Å². The van der Waals surface area contributed by atoms with Gasteiger partial charge < -0.3 is 10.6 Å². The van der Waals surface area contributed by atoms with Gasteiger partial charge in [0.05, 0.1) is 11.4 Å². The summed E-state index contributed by atoms with van der Waals surface area (Å²) in [7, 11) is -3.69. The van der Waals surface area contributed by atoms with E-state index in [0.717, 1.165) is 11.1 Å². The summed E-state index contributed by atoms with van der Waals surface area (Å²) in [5, 5.41) is 5.29. The second-order valence-corrected chi connectivity index (χ2v) is 8.04. The number of carbonyl (C=O) groups excluding carboxylic acids is 2. The second-order valence-electron chi connectivity index (χ2n) is 6.20. The van der Waals surface area contributed by atoms with Crippen LogP contribution in [0.15, 0.2) is 48.5 Å². The van der Waals surface area contributed by atoms with Gasteiger partial charge in [-0.3, -0.25) is 14.3 Å². The molecule has 0 unspecified atom stereocenters. The maximum atomic E-state index is 12.2. The Hall–Kier alpha value is -2.87. The molecule has 0 fully saturated rings. The highest BCUT2D eigenvalue weighted by atomic mass is 32.2. The van der Waals surface area contributed by atoms with E-state index >= 15 is 0 Å². The van der Waals surface area contributed by atoms with Crippen molar-refractivity contribution in [3.05, 3.63) is 59.7 Å². The first-order valence-corrected chi connectivity index (χ1v) is 10.1. The SMILES string of the molecule is CC(=O)Nc1cccc(NS(=O)(=O)CCC(=O)NCc2ccc(C)cc2)c1. The first kappa shape index (κ1) is 20.4. The lowest BCUT2D eigenvalue weighted by Crippen LogP contribution is -2.27.